The first kappa shape index (κ1) is 22.7. The summed E-state index contributed by atoms with van der Waals surface area (Å²) < 4.78 is 45.5. The molecule has 3 rings (SSSR count). The lowest BCUT2D eigenvalue weighted by Gasteiger charge is -2.11. The van der Waals surface area contributed by atoms with Crippen molar-refractivity contribution in [3.63, 3.8) is 0 Å². The van der Waals surface area contributed by atoms with Crippen LogP contribution >= 0.6 is 0 Å². The summed E-state index contributed by atoms with van der Waals surface area (Å²) in [6, 6.07) is 14.5. The molecule has 166 valence electrons. The molecule has 0 fully saturated rings. The first-order chi connectivity index (χ1) is 15.2. The van der Waals surface area contributed by atoms with Gasteiger partial charge >= 0.3 is 0 Å². The van der Waals surface area contributed by atoms with Crippen molar-refractivity contribution in [2.24, 2.45) is 0 Å². The molecule has 1 amide bonds. The molecule has 0 atom stereocenters. The van der Waals surface area contributed by atoms with Gasteiger partial charge in [-0.15, -0.1) is 0 Å². The van der Waals surface area contributed by atoms with Gasteiger partial charge in [0.25, 0.3) is 21.6 Å². The number of benzene rings is 3. The summed E-state index contributed by atoms with van der Waals surface area (Å²) >= 11 is 0. The van der Waals surface area contributed by atoms with Gasteiger partial charge in [-0.1, -0.05) is 6.07 Å². The summed E-state index contributed by atoms with van der Waals surface area (Å²) in [6.07, 6.45) is 0. The van der Waals surface area contributed by atoms with E-state index in [1.165, 1.54) is 61.5 Å². The van der Waals surface area contributed by atoms with Crippen molar-refractivity contribution in [1.29, 1.82) is 0 Å². The normalized spacial score (nSPS) is 10.9. The number of carbonyl (C=O) groups is 1. The molecule has 0 aliphatic heterocycles. The third-order valence-corrected chi connectivity index (χ3v) is 5.77. The number of anilines is 2. The fraction of sp³-hybridized carbons (Fsp3) is 0.0952. The first-order valence-electron chi connectivity index (χ1n) is 9.21. The van der Waals surface area contributed by atoms with Crippen molar-refractivity contribution in [3.8, 4) is 5.75 Å². The van der Waals surface area contributed by atoms with E-state index in [9.17, 15) is 27.7 Å². The number of ether oxygens (including phenoxy) is 1. The highest BCUT2D eigenvalue weighted by molar-refractivity contribution is 7.92. The summed E-state index contributed by atoms with van der Waals surface area (Å²) in [5.41, 5.74) is 0.699. The van der Waals surface area contributed by atoms with Gasteiger partial charge in [0.1, 0.15) is 11.6 Å². The van der Waals surface area contributed by atoms with E-state index in [4.69, 9.17) is 4.74 Å². The van der Waals surface area contributed by atoms with Gasteiger partial charge < -0.3 is 10.1 Å². The maximum absolute atomic E-state index is 13.0. The van der Waals surface area contributed by atoms with Crippen molar-refractivity contribution >= 4 is 33.0 Å². The Hall–Kier alpha value is -3.99. The molecule has 11 heteroatoms. The molecular formula is C21H18FN3O6S. The van der Waals surface area contributed by atoms with Crippen molar-refractivity contribution in [2.45, 2.75) is 11.8 Å². The number of nitro benzene ring substituents is 1. The van der Waals surface area contributed by atoms with Gasteiger partial charge in [0.15, 0.2) is 6.61 Å². The molecule has 0 saturated heterocycles. The summed E-state index contributed by atoms with van der Waals surface area (Å²) in [6.45, 7) is 1.13. The molecule has 0 saturated carbocycles. The molecule has 0 aliphatic carbocycles. The molecule has 32 heavy (non-hydrogen) atoms. The zero-order valence-electron chi connectivity index (χ0n) is 16.7. The fourth-order valence-electron chi connectivity index (χ4n) is 2.74. The minimum atomic E-state index is -3.89. The number of nitro groups is 1. The van der Waals surface area contributed by atoms with E-state index in [1.54, 1.807) is 0 Å². The second kappa shape index (κ2) is 9.43. The number of sulfonamides is 1. The van der Waals surface area contributed by atoms with Gasteiger partial charge in [-0.3, -0.25) is 19.6 Å². The largest absolute Gasteiger partial charge is 0.484 e. The van der Waals surface area contributed by atoms with E-state index in [0.29, 0.717) is 11.3 Å². The molecule has 0 unspecified atom stereocenters. The molecule has 0 spiro atoms. The number of rotatable bonds is 8. The second-order valence-electron chi connectivity index (χ2n) is 6.63. The summed E-state index contributed by atoms with van der Waals surface area (Å²) in [4.78, 5) is 22.5. The Balaban J connectivity index is 1.60. The van der Waals surface area contributed by atoms with Crippen LogP contribution in [0.15, 0.2) is 71.6 Å². The zero-order chi connectivity index (χ0) is 23.3. The maximum atomic E-state index is 13.0. The standard InChI is InChI=1S/C21H18FN3O6S/c1-14-19(3-2-4-20(14)25(27)28)23-21(26)13-31-17-9-11-18(12-10-17)32(29,30)24-16-7-5-15(22)6-8-16/h2-12,24H,13H2,1H3,(H,23,26). The van der Waals surface area contributed by atoms with E-state index in [-0.39, 0.29) is 28.6 Å². The Morgan fingerprint density at radius 1 is 1.06 bits per heavy atom. The van der Waals surface area contributed by atoms with E-state index < -0.39 is 26.7 Å². The van der Waals surface area contributed by atoms with E-state index in [2.05, 4.69) is 10.0 Å². The molecule has 9 nitrogen and oxygen atoms in total. The van der Waals surface area contributed by atoms with Crippen LogP contribution in [-0.2, 0) is 14.8 Å². The Labute approximate surface area is 183 Å². The number of amides is 1. The van der Waals surface area contributed by atoms with Crippen LogP contribution in [0.2, 0.25) is 0 Å². The van der Waals surface area contributed by atoms with Crippen LogP contribution in [0.25, 0.3) is 0 Å². The monoisotopic (exact) mass is 459 g/mol. The topological polar surface area (TPSA) is 128 Å². The third-order valence-electron chi connectivity index (χ3n) is 4.38. The highest BCUT2D eigenvalue weighted by Gasteiger charge is 2.16. The van der Waals surface area contributed by atoms with Crippen molar-refractivity contribution < 1.29 is 27.3 Å². The van der Waals surface area contributed by atoms with Crippen molar-refractivity contribution in [1.82, 2.24) is 0 Å². The number of carbonyl (C=O) groups excluding carboxylic acids is 1. The summed E-state index contributed by atoms with van der Waals surface area (Å²) in [7, 11) is -3.89. The van der Waals surface area contributed by atoms with Crippen LogP contribution in [0, 0.1) is 22.9 Å². The highest BCUT2D eigenvalue weighted by Crippen LogP contribution is 2.25. The van der Waals surface area contributed by atoms with Gasteiger partial charge in [0.2, 0.25) is 0 Å². The SMILES string of the molecule is Cc1c(NC(=O)COc2ccc(S(=O)(=O)Nc3ccc(F)cc3)cc2)cccc1[N+](=O)[O-]. The van der Waals surface area contributed by atoms with Crippen LogP contribution in [0.1, 0.15) is 5.56 Å². The lowest BCUT2D eigenvalue weighted by Crippen LogP contribution is -2.21. The molecular weight excluding hydrogens is 441 g/mol. The quantitative estimate of drug-likeness (QED) is 0.389. The lowest BCUT2D eigenvalue weighted by molar-refractivity contribution is -0.385. The van der Waals surface area contributed by atoms with Crippen LogP contribution in [0.4, 0.5) is 21.5 Å². The molecule has 2 N–H and O–H groups in total. The zero-order valence-corrected chi connectivity index (χ0v) is 17.6. The molecule has 0 bridgehead atoms. The number of hydrogen-bond acceptors (Lipinski definition) is 6. The van der Waals surface area contributed by atoms with Crippen LogP contribution in [0.3, 0.4) is 0 Å². The number of nitrogens with one attached hydrogen (secondary N) is 2. The predicted molar refractivity (Wildman–Crippen MR) is 116 cm³/mol. The van der Waals surface area contributed by atoms with E-state index in [1.807, 2.05) is 0 Å². The van der Waals surface area contributed by atoms with Gasteiger partial charge in [-0.05, 0) is 61.5 Å². The summed E-state index contributed by atoms with van der Waals surface area (Å²) in [5.74, 6) is -0.779. The number of hydrogen-bond donors (Lipinski definition) is 2. The first-order valence-corrected chi connectivity index (χ1v) is 10.7. The molecule has 0 aromatic heterocycles. The Morgan fingerprint density at radius 3 is 2.34 bits per heavy atom. The second-order valence-corrected chi connectivity index (χ2v) is 8.31. The molecule has 0 aliphatic rings. The lowest BCUT2D eigenvalue weighted by atomic mass is 10.1. The van der Waals surface area contributed by atoms with Crippen LogP contribution in [-0.4, -0.2) is 25.9 Å². The molecule has 0 heterocycles. The predicted octanol–water partition coefficient (Wildman–Crippen LogP) is 3.86. The van der Waals surface area contributed by atoms with Gasteiger partial charge in [0, 0.05) is 11.8 Å². The molecule has 3 aromatic rings. The van der Waals surface area contributed by atoms with Crippen LogP contribution in [0.5, 0.6) is 5.75 Å². The Kier molecular flexibility index (Phi) is 6.69. The van der Waals surface area contributed by atoms with Gasteiger partial charge in [-0.25, -0.2) is 12.8 Å². The van der Waals surface area contributed by atoms with Gasteiger partial charge in [-0.2, -0.15) is 0 Å². The Bertz CT molecular complexity index is 1250. The minimum absolute atomic E-state index is 0.0501. The number of nitrogens with zero attached hydrogens (tertiary/aromatic N) is 1. The molecule has 0 radical (unpaired) electrons. The fourth-order valence-corrected chi connectivity index (χ4v) is 3.80. The van der Waals surface area contributed by atoms with Crippen molar-refractivity contribution in [2.75, 3.05) is 16.6 Å². The van der Waals surface area contributed by atoms with Crippen LogP contribution < -0.4 is 14.8 Å². The Morgan fingerprint density at radius 2 is 1.72 bits per heavy atom. The van der Waals surface area contributed by atoms with E-state index in [0.717, 1.165) is 12.1 Å². The van der Waals surface area contributed by atoms with Gasteiger partial charge in [0.05, 0.1) is 21.1 Å². The minimum Gasteiger partial charge on any atom is -0.484 e. The average molecular weight is 459 g/mol. The molecule has 3 aromatic carbocycles. The van der Waals surface area contributed by atoms with E-state index >= 15 is 0 Å². The highest BCUT2D eigenvalue weighted by atomic mass is 32.2. The average Bonchev–Trinajstić information content (AvgIpc) is 2.75. The number of halogens is 1. The summed E-state index contributed by atoms with van der Waals surface area (Å²) in [5, 5.41) is 13.5. The maximum Gasteiger partial charge on any atom is 0.274 e. The third kappa shape index (κ3) is 5.58. The smallest absolute Gasteiger partial charge is 0.274 e. The van der Waals surface area contributed by atoms with Crippen molar-refractivity contribution in [3.05, 3.63) is 88.2 Å².